The molecule has 0 spiro atoms. The van der Waals surface area contributed by atoms with Crippen molar-refractivity contribution in [2.75, 3.05) is 48.6 Å². The molecule has 0 aliphatic heterocycles. The van der Waals surface area contributed by atoms with E-state index in [0.717, 1.165) is 23.9 Å². The van der Waals surface area contributed by atoms with Crippen LogP contribution in [0.1, 0.15) is 7.43 Å². The number of benzene rings is 4. The molecule has 0 saturated heterocycles. The van der Waals surface area contributed by atoms with Gasteiger partial charge in [0.1, 0.15) is 54.5 Å². The quantitative estimate of drug-likeness (QED) is 0.00650. The van der Waals surface area contributed by atoms with Gasteiger partial charge < -0.3 is 41.8 Å². The molecule has 0 atom stereocenters. The second kappa shape index (κ2) is 25.4. The molecule has 0 aliphatic carbocycles. The summed E-state index contributed by atoms with van der Waals surface area (Å²) in [5, 5.41) is 37.6. The van der Waals surface area contributed by atoms with Gasteiger partial charge in [0, 0.05) is 35.3 Å². The topological polar surface area (TPSA) is 358 Å². The van der Waals surface area contributed by atoms with Gasteiger partial charge in [0.2, 0.25) is 23.1 Å². The summed E-state index contributed by atoms with van der Waals surface area (Å²) in [5.41, 5.74) is 10.5. The summed E-state index contributed by atoms with van der Waals surface area (Å²) in [5.74, 6) is -1.64. The summed E-state index contributed by atoms with van der Waals surface area (Å²) in [6.45, 7) is 0. The molecule has 2 aromatic heterocycles. The van der Waals surface area contributed by atoms with Crippen molar-refractivity contribution in [2.45, 2.75) is 22.1 Å². The number of aromatic nitrogens is 5. The maximum absolute atomic E-state index is 13.7. The maximum atomic E-state index is 13.7. The van der Waals surface area contributed by atoms with Crippen molar-refractivity contribution in [1.29, 1.82) is 0 Å². The van der Waals surface area contributed by atoms with Crippen molar-refractivity contribution in [3.8, 4) is 0 Å². The number of nitrogen functional groups attached to an aromatic ring is 2. The molecule has 0 fully saturated rings. The zero-order valence-corrected chi connectivity index (χ0v) is 44.8. The molecule has 0 bridgehead atoms. The Bertz CT molecular complexity index is 3040. The molecule has 0 radical (unpaired) electrons. The van der Waals surface area contributed by atoms with Crippen molar-refractivity contribution >= 4 is 118 Å². The summed E-state index contributed by atoms with van der Waals surface area (Å²) in [4.78, 5) is 16.7. The first-order valence-electron chi connectivity index (χ1n) is 17.3. The third-order valence-corrected chi connectivity index (χ3v) is 10.7. The monoisotopic (exact) mass is 1040 g/mol. The van der Waals surface area contributed by atoms with Gasteiger partial charge in [0.05, 0.1) is 59.2 Å². The second-order valence-corrected chi connectivity index (χ2v) is 17.3. The smallest absolute Gasteiger partial charge is 0.744 e. The van der Waals surface area contributed by atoms with E-state index in [0.29, 0.717) is 28.3 Å². The van der Waals surface area contributed by atoms with Gasteiger partial charge in [-0.3, -0.25) is 9.52 Å². The van der Waals surface area contributed by atoms with E-state index in [2.05, 4.69) is 70.7 Å². The molecule has 6 rings (SSSR count). The second-order valence-electron chi connectivity index (χ2n) is 13.5. The zero-order chi connectivity index (χ0) is 46.6. The molecule has 24 nitrogen and oxygen atoms in total. The van der Waals surface area contributed by atoms with Gasteiger partial charge in [-0.1, -0.05) is 7.43 Å². The Morgan fingerprint density at radius 3 is 1.81 bits per heavy atom. The Morgan fingerprint density at radius 1 is 0.676 bits per heavy atom. The van der Waals surface area contributed by atoms with Crippen LogP contribution < -0.4 is 126 Å². The van der Waals surface area contributed by atoms with Gasteiger partial charge >= 0.3 is 94.8 Å². The number of nitrogens with one attached hydrogen (secondary N) is 3. The van der Waals surface area contributed by atoms with Crippen LogP contribution >= 0.6 is 23.6 Å². The Morgan fingerprint density at radius 2 is 1.22 bits per heavy atom. The van der Waals surface area contributed by atoms with Crippen LogP contribution in [0.2, 0.25) is 5.28 Å². The van der Waals surface area contributed by atoms with Crippen LogP contribution in [0.15, 0.2) is 108 Å². The SMILES string of the molecule is C.C[N+](C)(C)c1ccc(Nc2nc(Cl)nc(Nc3ccc(S(=O)(=O)[O-])c(N=Nc4cc(S(=O)(=O)[O-])c(N)c(N=Nc5cc(Nc6cc(F)nc(F)n6)ccc5SOO[O-])c4N)c3)n2)cc1.[Na+].[Na+].[Na+]. The van der Waals surface area contributed by atoms with Gasteiger partial charge in [-0.2, -0.15) is 38.0 Å². The Hall–Kier alpha value is -3.67. The number of hydrogen-bond donors (Lipinski definition) is 5. The minimum absolute atomic E-state index is 0. The molecule has 0 aliphatic rings. The van der Waals surface area contributed by atoms with Gasteiger partial charge in [-0.15, -0.1) is 20.5 Å². The molecule has 4 aromatic carbocycles. The summed E-state index contributed by atoms with van der Waals surface area (Å²) in [6, 6.07) is 15.7. The van der Waals surface area contributed by atoms with E-state index in [4.69, 9.17) is 23.1 Å². The van der Waals surface area contributed by atoms with E-state index in [1.54, 1.807) is 12.1 Å². The van der Waals surface area contributed by atoms with Crippen molar-refractivity contribution < 1.29 is 138 Å². The fourth-order valence-electron chi connectivity index (χ4n) is 5.26. The molecule has 68 heavy (non-hydrogen) atoms. The fourth-order valence-corrected chi connectivity index (χ4v) is 7.05. The van der Waals surface area contributed by atoms with E-state index in [1.165, 1.54) is 24.3 Å². The van der Waals surface area contributed by atoms with E-state index < -0.39 is 70.5 Å². The van der Waals surface area contributed by atoms with Crippen LogP contribution in [-0.2, 0) is 29.6 Å². The molecule has 2 heterocycles. The number of rotatable bonds is 16. The Balaban J connectivity index is 0.00000397. The van der Waals surface area contributed by atoms with Crippen LogP contribution in [0.25, 0.3) is 0 Å². The van der Waals surface area contributed by atoms with Gasteiger partial charge in [0.15, 0.2) is 0 Å². The molecule has 7 N–H and O–H groups in total. The van der Waals surface area contributed by atoms with Crippen LogP contribution in [0.4, 0.5) is 83.4 Å². The Kier molecular flexibility index (Phi) is 22.6. The Labute approximate surface area is 462 Å². The molecular weight excluding hydrogens is 1010 g/mol. The number of quaternary nitrogens is 1. The molecule has 0 saturated carbocycles. The number of azo groups is 2. The average molecular weight is 1050 g/mol. The number of anilines is 8. The molecule has 6 aromatic rings. The minimum Gasteiger partial charge on any atom is -0.744 e. The van der Waals surface area contributed by atoms with E-state index in [-0.39, 0.29) is 141 Å². The van der Waals surface area contributed by atoms with E-state index in [1.807, 2.05) is 33.3 Å². The molecule has 33 heteroatoms. The molecule has 0 amide bonds. The summed E-state index contributed by atoms with van der Waals surface area (Å²) >= 11 is 6.49. The predicted octanol–water partition coefficient (Wildman–Crippen LogP) is -2.30. The first kappa shape index (κ1) is 60.5. The number of nitrogens with two attached hydrogens (primary N) is 2. The van der Waals surface area contributed by atoms with Crippen molar-refractivity contribution in [2.24, 2.45) is 20.5 Å². The van der Waals surface area contributed by atoms with Crippen LogP contribution in [0.3, 0.4) is 0 Å². The third-order valence-electron chi connectivity index (χ3n) is 8.15. The summed E-state index contributed by atoms with van der Waals surface area (Å²) in [7, 11) is -4.67. The zero-order valence-electron chi connectivity index (χ0n) is 35.6. The van der Waals surface area contributed by atoms with Crippen molar-refractivity contribution in [3.63, 3.8) is 0 Å². The normalized spacial score (nSPS) is 11.5. The number of nitrogens with zero attached hydrogens (tertiary/aromatic N) is 10. The van der Waals surface area contributed by atoms with Crippen molar-refractivity contribution in [1.82, 2.24) is 29.4 Å². The predicted molar refractivity (Wildman–Crippen MR) is 230 cm³/mol. The fraction of sp³-hybridized carbons (Fsp3) is 0.114. The maximum Gasteiger partial charge on any atom is 1.00 e. The number of halogens is 3. The van der Waals surface area contributed by atoms with E-state index >= 15 is 0 Å². The standard InChI is InChI=1S/C34H30ClF2N15O9S3.CH4.3Na/c1-52(2,3)19-8-4-16(5-9-19)41-33-45-31(35)46-34(47-33)42-18-7-11-24(63(54,55)56)21(13-18)49-50-22-14-25(64(57,58)59)29(39)30(28(22)38)51-48-20-12-17(6-10-23(20)62-61-60-53)40-27-15-26(36)43-32(37)44-27;;;;/h4-15H,38-39H2,1-3H3,(H5-,40,41,42,43,44,45,46,47,53,54,55,56,57,58,59);1H4;;;/q;;3*+1/p-2. The van der Waals surface area contributed by atoms with Crippen LogP contribution in [-0.4, -0.2) is 72.0 Å². The van der Waals surface area contributed by atoms with Crippen molar-refractivity contribution in [3.05, 3.63) is 90.1 Å². The minimum atomic E-state index is -5.42. The molecular formula is C35H32ClF2N15Na3O9S3+. The van der Waals surface area contributed by atoms with Gasteiger partial charge in [0.25, 0.3) is 0 Å². The van der Waals surface area contributed by atoms with Crippen LogP contribution in [0, 0.1) is 12.0 Å². The van der Waals surface area contributed by atoms with Crippen LogP contribution in [0.5, 0.6) is 0 Å². The summed E-state index contributed by atoms with van der Waals surface area (Å²) < 4.78 is 106. The molecule has 342 valence electrons. The van der Waals surface area contributed by atoms with Gasteiger partial charge in [-0.25, -0.2) is 16.8 Å². The molecule has 0 unspecified atom stereocenters. The van der Waals surface area contributed by atoms with E-state index in [9.17, 15) is 40.0 Å². The largest absolute Gasteiger partial charge is 1.00 e. The first-order valence-corrected chi connectivity index (χ1v) is 21.2. The first-order chi connectivity index (χ1) is 30.1. The summed E-state index contributed by atoms with van der Waals surface area (Å²) in [6.07, 6.45) is -1.39. The van der Waals surface area contributed by atoms with Gasteiger partial charge in [-0.05, 0) is 66.2 Å². The average Bonchev–Trinajstić information content (AvgIpc) is 3.18. The third kappa shape index (κ3) is 16.2. The number of hydrogen-bond acceptors (Lipinski definition) is 24.